The van der Waals surface area contributed by atoms with Gasteiger partial charge in [0.1, 0.15) is 6.10 Å². The SMILES string of the molecule is C=C(C)C(=O)OC(C)CC(OCC(=C)C(=O)OC(c1ccc(C(O/C=C/c2cc(F)c(O)c(F)c2)(C(F)(F)F)C(F)(F)F)cc1)(C(F)(F)F)C(F)(F)F)(C(F)(F)F)C(F)(F)F. The second kappa shape index (κ2) is 17.3. The van der Waals surface area contributed by atoms with Crippen molar-refractivity contribution in [3.05, 3.63) is 95.3 Å². The minimum atomic E-state index is -7.06. The van der Waals surface area contributed by atoms with E-state index in [2.05, 4.69) is 32.1 Å². The van der Waals surface area contributed by atoms with Gasteiger partial charge in [0.25, 0.3) is 5.60 Å². The molecular weight excluding hydrogens is 900 g/mol. The number of carbonyl (C=O) groups excluding carboxylic acids is 2. The van der Waals surface area contributed by atoms with E-state index in [4.69, 9.17) is 5.11 Å². The number of benzene rings is 2. The molecule has 0 fully saturated rings. The Morgan fingerprint density at radius 2 is 1.07 bits per heavy atom. The highest BCUT2D eigenvalue weighted by Crippen LogP contribution is 2.56. The number of hydrogen-bond donors (Lipinski definition) is 1. The first-order valence-electron chi connectivity index (χ1n) is 15.7. The van der Waals surface area contributed by atoms with Crippen LogP contribution in [0, 0.1) is 11.6 Å². The van der Waals surface area contributed by atoms with Crippen LogP contribution >= 0.6 is 0 Å². The third kappa shape index (κ3) is 10.3. The lowest BCUT2D eigenvalue weighted by Gasteiger charge is -2.39. The maximum atomic E-state index is 14.4. The molecule has 61 heavy (non-hydrogen) atoms. The quantitative estimate of drug-likeness (QED) is 0.0873. The van der Waals surface area contributed by atoms with Crippen molar-refractivity contribution in [2.75, 3.05) is 6.61 Å². The second-order valence-electron chi connectivity index (χ2n) is 12.5. The fraction of sp³-hybridized carbons (Fsp3) is 0.412. The van der Waals surface area contributed by atoms with Crippen LogP contribution in [0.3, 0.4) is 0 Å². The molecule has 1 unspecified atom stereocenters. The third-order valence-corrected chi connectivity index (χ3v) is 8.01. The van der Waals surface area contributed by atoms with Gasteiger partial charge in [0.05, 0.1) is 18.4 Å². The Kier molecular flexibility index (Phi) is 14.7. The molecule has 7 nitrogen and oxygen atoms in total. The van der Waals surface area contributed by atoms with Gasteiger partial charge in [0.2, 0.25) is 0 Å². The maximum absolute atomic E-state index is 14.4. The molecule has 27 heteroatoms. The highest BCUT2D eigenvalue weighted by molar-refractivity contribution is 5.88. The largest absolute Gasteiger partial charge is 0.503 e. The molecule has 0 aromatic heterocycles. The van der Waals surface area contributed by atoms with Crippen LogP contribution in [0.2, 0.25) is 0 Å². The van der Waals surface area contributed by atoms with Crippen molar-refractivity contribution in [2.24, 2.45) is 0 Å². The van der Waals surface area contributed by atoms with Crippen LogP contribution in [0.5, 0.6) is 5.75 Å². The number of phenols is 1. The summed E-state index contributed by atoms with van der Waals surface area (Å²) in [6, 6.07) is -2.55. The van der Waals surface area contributed by atoms with Crippen LogP contribution in [-0.4, -0.2) is 72.4 Å². The van der Waals surface area contributed by atoms with Gasteiger partial charge in [-0.25, -0.2) is 18.4 Å². The van der Waals surface area contributed by atoms with Crippen molar-refractivity contribution in [1.29, 1.82) is 0 Å². The fourth-order valence-electron chi connectivity index (χ4n) is 5.01. The van der Waals surface area contributed by atoms with Gasteiger partial charge in [0, 0.05) is 23.1 Å². The molecule has 0 aliphatic rings. The molecule has 0 saturated heterocycles. The number of phenolic OH excluding ortho intramolecular Hbond substituents is 1. The average molecular weight is 925 g/mol. The maximum Gasteiger partial charge on any atom is 0.442 e. The van der Waals surface area contributed by atoms with Gasteiger partial charge >= 0.3 is 60.2 Å². The van der Waals surface area contributed by atoms with Gasteiger partial charge in [-0.1, -0.05) is 37.4 Å². The molecule has 0 spiro atoms. The molecule has 342 valence electrons. The van der Waals surface area contributed by atoms with Crippen LogP contribution in [0.4, 0.5) is 87.8 Å². The van der Waals surface area contributed by atoms with Gasteiger partial charge in [-0.3, -0.25) is 0 Å². The Hall–Kier alpha value is -5.24. The van der Waals surface area contributed by atoms with Crippen molar-refractivity contribution in [3.8, 4) is 5.75 Å². The summed E-state index contributed by atoms with van der Waals surface area (Å²) in [5.74, 6) is -9.87. The van der Waals surface area contributed by atoms with Crippen molar-refractivity contribution < 1.29 is 121 Å². The summed E-state index contributed by atoms with van der Waals surface area (Å²) in [6.45, 7) is 4.35. The van der Waals surface area contributed by atoms with E-state index < -0.39 is 161 Å². The summed E-state index contributed by atoms with van der Waals surface area (Å²) in [7, 11) is 0. The summed E-state index contributed by atoms with van der Waals surface area (Å²) in [6.07, 6.45) is -46.1. The molecule has 0 amide bonds. The van der Waals surface area contributed by atoms with Crippen LogP contribution in [0.15, 0.2) is 67.0 Å². The van der Waals surface area contributed by atoms with Crippen molar-refractivity contribution in [1.82, 2.24) is 0 Å². The van der Waals surface area contributed by atoms with Crippen LogP contribution < -0.4 is 0 Å². The van der Waals surface area contributed by atoms with Crippen LogP contribution in [0.25, 0.3) is 6.08 Å². The zero-order valence-electron chi connectivity index (χ0n) is 30.0. The molecule has 1 N–H and O–H groups in total. The monoisotopic (exact) mass is 924 g/mol. The number of halogens is 20. The number of ether oxygens (including phenoxy) is 4. The minimum absolute atomic E-state index is 0.0487. The minimum Gasteiger partial charge on any atom is -0.503 e. The van der Waals surface area contributed by atoms with E-state index in [-0.39, 0.29) is 18.2 Å². The summed E-state index contributed by atoms with van der Waals surface area (Å²) in [4.78, 5) is 24.3. The molecule has 2 aromatic carbocycles. The zero-order chi connectivity index (χ0) is 47.8. The number of hydrogen-bond acceptors (Lipinski definition) is 7. The van der Waals surface area contributed by atoms with E-state index >= 15 is 0 Å². The first-order chi connectivity index (χ1) is 27.2. The number of rotatable bonds is 14. The van der Waals surface area contributed by atoms with Gasteiger partial charge in [-0.05, 0) is 37.6 Å². The highest BCUT2D eigenvalue weighted by atomic mass is 19.4. The van der Waals surface area contributed by atoms with Crippen LogP contribution in [-0.2, 0) is 39.7 Å². The van der Waals surface area contributed by atoms with Crippen LogP contribution in [0.1, 0.15) is 37.0 Å². The van der Waals surface area contributed by atoms with Gasteiger partial charge in [0.15, 0.2) is 17.4 Å². The number of esters is 2. The molecule has 2 aromatic rings. The van der Waals surface area contributed by atoms with E-state index in [1.54, 1.807) is 0 Å². The Bertz CT molecular complexity index is 1900. The first kappa shape index (κ1) is 51.9. The fourth-order valence-corrected chi connectivity index (χ4v) is 5.01. The van der Waals surface area contributed by atoms with E-state index in [9.17, 15) is 97.4 Å². The van der Waals surface area contributed by atoms with Crippen molar-refractivity contribution in [3.63, 3.8) is 0 Å². The average Bonchev–Trinajstić information content (AvgIpc) is 3.06. The molecular formula is C34H24F20O7. The number of aromatic hydroxyl groups is 1. The number of carbonyl (C=O) groups is 2. The van der Waals surface area contributed by atoms with E-state index in [1.165, 1.54) is 0 Å². The normalized spacial score (nSPS) is 14.5. The highest BCUT2D eigenvalue weighted by Gasteiger charge is 2.77. The molecule has 0 saturated carbocycles. The number of alkyl halides is 18. The van der Waals surface area contributed by atoms with E-state index in [0.29, 0.717) is 6.92 Å². The lowest BCUT2D eigenvalue weighted by Crippen LogP contribution is -2.60. The van der Waals surface area contributed by atoms with Crippen molar-refractivity contribution >= 4 is 18.0 Å². The Labute approximate surface area is 327 Å². The van der Waals surface area contributed by atoms with Gasteiger partial charge in [-0.15, -0.1) is 0 Å². The predicted molar refractivity (Wildman–Crippen MR) is 163 cm³/mol. The summed E-state index contributed by atoms with van der Waals surface area (Å²) in [5.41, 5.74) is -25.9. The standard InChI is InChI=1S/C34H24F20O7/c1-15(2)24(56)60-17(4)13-26(29(37,38)39,30(40,41)42)59-14-16(3)25(57)61-28(33(49,50)51,34(52,53)54)20-7-5-19(6-8-20)27(31(43,44)45,32(46,47)48)58-10-9-18-11-21(35)23(55)22(36)12-18/h5-12,17,55H,1,3,13-14H2,2,4H3/b10-9+. The molecule has 1 atom stereocenters. The topological polar surface area (TPSA) is 91.3 Å². The second-order valence-corrected chi connectivity index (χ2v) is 12.5. The Morgan fingerprint density at radius 1 is 0.672 bits per heavy atom. The molecule has 0 heterocycles. The smallest absolute Gasteiger partial charge is 0.442 e. The predicted octanol–water partition coefficient (Wildman–Crippen LogP) is 10.9. The Balaban J connectivity index is 2.71. The Morgan fingerprint density at radius 3 is 1.43 bits per heavy atom. The molecule has 0 bridgehead atoms. The van der Waals surface area contributed by atoms with E-state index in [1.807, 2.05) is 0 Å². The summed E-state index contributed by atoms with van der Waals surface area (Å²) in [5, 5.41) is 9.10. The molecule has 0 radical (unpaired) electrons. The molecule has 0 aliphatic heterocycles. The van der Waals surface area contributed by atoms with Gasteiger partial charge in [-0.2, -0.15) is 79.0 Å². The lowest BCUT2D eigenvalue weighted by molar-refractivity contribution is -0.385. The summed E-state index contributed by atoms with van der Waals surface area (Å²) >= 11 is 0. The molecule has 2 rings (SSSR count). The van der Waals surface area contributed by atoms with Crippen molar-refractivity contribution in [2.45, 2.75) is 80.2 Å². The third-order valence-electron chi connectivity index (χ3n) is 8.01. The summed E-state index contributed by atoms with van der Waals surface area (Å²) < 4.78 is 299. The lowest BCUT2D eigenvalue weighted by atomic mass is 9.86. The molecule has 0 aliphatic carbocycles. The van der Waals surface area contributed by atoms with E-state index in [0.717, 1.165) is 6.92 Å². The zero-order valence-corrected chi connectivity index (χ0v) is 30.0. The van der Waals surface area contributed by atoms with Gasteiger partial charge < -0.3 is 24.1 Å². The first-order valence-corrected chi connectivity index (χ1v) is 15.7.